The van der Waals surface area contributed by atoms with E-state index in [0.717, 1.165) is 19.4 Å². The van der Waals surface area contributed by atoms with E-state index in [4.69, 9.17) is 4.74 Å². The molecule has 0 spiro atoms. The molecule has 1 aliphatic heterocycles. The van der Waals surface area contributed by atoms with Crippen LogP contribution in [-0.4, -0.2) is 36.6 Å². The summed E-state index contributed by atoms with van der Waals surface area (Å²) in [6.07, 6.45) is 2.26. The Bertz CT molecular complexity index is 657. The summed E-state index contributed by atoms with van der Waals surface area (Å²) < 4.78 is 19.4. The van der Waals surface area contributed by atoms with Crippen LogP contribution in [0, 0.1) is 5.82 Å². The fraction of sp³-hybridized carbons (Fsp3) is 0.389. The maximum absolute atomic E-state index is 13.7. The molecule has 1 fully saturated rings. The van der Waals surface area contributed by atoms with Gasteiger partial charge in [0.2, 0.25) is 5.91 Å². The van der Waals surface area contributed by atoms with Gasteiger partial charge in [-0.25, -0.2) is 4.39 Å². The van der Waals surface area contributed by atoms with Crippen LogP contribution in [0.25, 0.3) is 0 Å². The zero-order valence-electron chi connectivity index (χ0n) is 13.4. The van der Waals surface area contributed by atoms with E-state index in [1.165, 1.54) is 10.9 Å². The molecule has 1 aliphatic rings. The van der Waals surface area contributed by atoms with Gasteiger partial charge in [-0.05, 0) is 36.4 Å². The number of ether oxygens (including phenoxy) is 1. The van der Waals surface area contributed by atoms with Crippen molar-refractivity contribution in [2.24, 2.45) is 0 Å². The van der Waals surface area contributed by atoms with Gasteiger partial charge in [-0.3, -0.25) is 9.69 Å². The zero-order valence-corrected chi connectivity index (χ0v) is 14.2. The van der Waals surface area contributed by atoms with Crippen molar-refractivity contribution >= 4 is 22.9 Å². The van der Waals surface area contributed by atoms with Crippen molar-refractivity contribution in [2.45, 2.75) is 25.5 Å². The van der Waals surface area contributed by atoms with Crippen LogP contribution < -0.4 is 5.32 Å². The van der Waals surface area contributed by atoms with Crippen molar-refractivity contribution in [3.63, 3.8) is 0 Å². The summed E-state index contributed by atoms with van der Waals surface area (Å²) >= 11 is 1.67. The Morgan fingerprint density at radius 3 is 2.92 bits per heavy atom. The fourth-order valence-corrected chi connectivity index (χ4v) is 3.59. The number of nitrogens with zero attached hydrogens (tertiary/aromatic N) is 1. The number of nitrogens with one attached hydrogen (secondary N) is 1. The minimum absolute atomic E-state index is 0.172. The summed E-state index contributed by atoms with van der Waals surface area (Å²) in [5.41, 5.74) is 0.218. The third-order valence-electron chi connectivity index (χ3n) is 3.96. The van der Waals surface area contributed by atoms with Crippen LogP contribution in [-0.2, 0) is 16.1 Å². The highest BCUT2D eigenvalue weighted by atomic mass is 32.1. The number of thiophene rings is 1. The monoisotopic (exact) mass is 348 g/mol. The Morgan fingerprint density at radius 1 is 1.33 bits per heavy atom. The van der Waals surface area contributed by atoms with Crippen LogP contribution in [0.15, 0.2) is 41.8 Å². The molecule has 2 aromatic rings. The van der Waals surface area contributed by atoms with Gasteiger partial charge in [0.25, 0.3) is 0 Å². The Morgan fingerprint density at radius 2 is 2.21 bits per heavy atom. The molecule has 1 amide bonds. The number of amides is 1. The average molecular weight is 348 g/mol. The lowest BCUT2D eigenvalue weighted by Crippen LogP contribution is -2.37. The number of hydrogen-bond acceptors (Lipinski definition) is 4. The summed E-state index contributed by atoms with van der Waals surface area (Å²) in [6.45, 7) is 2.41. The minimum atomic E-state index is -0.421. The Labute approximate surface area is 145 Å². The minimum Gasteiger partial charge on any atom is -0.377 e. The van der Waals surface area contributed by atoms with E-state index >= 15 is 0 Å². The van der Waals surface area contributed by atoms with E-state index in [0.29, 0.717) is 13.1 Å². The average Bonchev–Trinajstić information content (AvgIpc) is 3.23. The number of hydrogen-bond donors (Lipinski definition) is 1. The molecule has 4 nitrogen and oxygen atoms in total. The van der Waals surface area contributed by atoms with Gasteiger partial charge in [0, 0.05) is 24.6 Å². The van der Waals surface area contributed by atoms with Crippen LogP contribution in [0.4, 0.5) is 10.1 Å². The second-order valence-corrected chi connectivity index (χ2v) is 6.94. The maximum Gasteiger partial charge on any atom is 0.238 e. The Balaban J connectivity index is 1.61. The molecule has 2 heterocycles. The molecule has 3 rings (SSSR count). The molecule has 0 aliphatic carbocycles. The van der Waals surface area contributed by atoms with Gasteiger partial charge in [0.15, 0.2) is 0 Å². The summed E-state index contributed by atoms with van der Waals surface area (Å²) in [6, 6.07) is 10.3. The standard InChI is InChI=1S/C18H21FN2O2S/c19-16-7-1-2-8-17(16)20-18(22)13-21(11-14-5-3-9-23-14)12-15-6-4-10-24-15/h1-2,4,6-8,10,14H,3,5,9,11-13H2,(H,20,22)/t14-/m1/s1. The third-order valence-corrected chi connectivity index (χ3v) is 4.82. The first-order valence-electron chi connectivity index (χ1n) is 8.11. The van der Waals surface area contributed by atoms with Gasteiger partial charge < -0.3 is 10.1 Å². The zero-order chi connectivity index (χ0) is 16.8. The SMILES string of the molecule is O=C(CN(Cc1cccs1)C[C@H]1CCCO1)Nc1ccccc1F. The number of rotatable bonds is 7. The van der Waals surface area contributed by atoms with Crippen molar-refractivity contribution in [3.05, 3.63) is 52.5 Å². The molecule has 1 atom stereocenters. The summed E-state index contributed by atoms with van der Waals surface area (Å²) in [7, 11) is 0. The molecule has 1 N–H and O–H groups in total. The molecule has 0 bridgehead atoms. The van der Waals surface area contributed by atoms with E-state index in [9.17, 15) is 9.18 Å². The lowest BCUT2D eigenvalue weighted by Gasteiger charge is -2.24. The van der Waals surface area contributed by atoms with E-state index in [-0.39, 0.29) is 24.2 Å². The van der Waals surface area contributed by atoms with Crippen LogP contribution >= 0.6 is 11.3 Å². The topological polar surface area (TPSA) is 41.6 Å². The van der Waals surface area contributed by atoms with Crippen molar-refractivity contribution in [1.29, 1.82) is 0 Å². The summed E-state index contributed by atoms with van der Waals surface area (Å²) in [5, 5.41) is 4.68. The number of carbonyl (C=O) groups is 1. The highest BCUT2D eigenvalue weighted by molar-refractivity contribution is 7.09. The normalized spacial score (nSPS) is 17.3. The molecule has 24 heavy (non-hydrogen) atoms. The Hall–Kier alpha value is -1.76. The van der Waals surface area contributed by atoms with Gasteiger partial charge in [-0.1, -0.05) is 18.2 Å². The molecule has 1 aromatic carbocycles. The number of para-hydroxylation sites is 1. The third kappa shape index (κ3) is 4.87. The van der Waals surface area contributed by atoms with Crippen LogP contribution in [0.5, 0.6) is 0 Å². The number of benzene rings is 1. The first kappa shape index (κ1) is 17.1. The van der Waals surface area contributed by atoms with Crippen LogP contribution in [0.3, 0.4) is 0 Å². The number of anilines is 1. The molecule has 0 radical (unpaired) electrons. The number of halogens is 1. The molecular formula is C18H21FN2O2S. The lowest BCUT2D eigenvalue weighted by molar-refractivity contribution is -0.117. The quantitative estimate of drug-likeness (QED) is 0.833. The van der Waals surface area contributed by atoms with Crippen LogP contribution in [0.1, 0.15) is 17.7 Å². The summed E-state index contributed by atoms with van der Waals surface area (Å²) in [4.78, 5) is 15.6. The molecule has 0 saturated carbocycles. The molecule has 6 heteroatoms. The smallest absolute Gasteiger partial charge is 0.238 e. The predicted molar refractivity (Wildman–Crippen MR) is 93.6 cm³/mol. The maximum atomic E-state index is 13.7. The largest absolute Gasteiger partial charge is 0.377 e. The molecule has 0 unspecified atom stereocenters. The van der Waals surface area contributed by atoms with Gasteiger partial charge in [0.05, 0.1) is 18.3 Å². The molecule has 1 saturated heterocycles. The highest BCUT2D eigenvalue weighted by Gasteiger charge is 2.21. The van der Waals surface area contributed by atoms with Gasteiger partial charge in [-0.15, -0.1) is 11.3 Å². The fourth-order valence-electron chi connectivity index (χ4n) is 2.84. The van der Waals surface area contributed by atoms with Gasteiger partial charge in [-0.2, -0.15) is 0 Å². The first-order valence-corrected chi connectivity index (χ1v) is 8.99. The second-order valence-electron chi connectivity index (χ2n) is 5.91. The predicted octanol–water partition coefficient (Wildman–Crippen LogP) is 3.51. The van der Waals surface area contributed by atoms with Crippen molar-refractivity contribution in [1.82, 2.24) is 4.90 Å². The van der Waals surface area contributed by atoms with E-state index < -0.39 is 5.82 Å². The number of carbonyl (C=O) groups excluding carboxylic acids is 1. The molecular weight excluding hydrogens is 327 g/mol. The highest BCUT2D eigenvalue weighted by Crippen LogP contribution is 2.18. The van der Waals surface area contributed by atoms with E-state index in [1.54, 1.807) is 29.5 Å². The van der Waals surface area contributed by atoms with Crippen molar-refractivity contribution in [2.75, 3.05) is 25.0 Å². The van der Waals surface area contributed by atoms with Crippen molar-refractivity contribution < 1.29 is 13.9 Å². The molecule has 128 valence electrons. The lowest BCUT2D eigenvalue weighted by atomic mass is 10.2. The van der Waals surface area contributed by atoms with Gasteiger partial charge >= 0.3 is 0 Å². The van der Waals surface area contributed by atoms with Gasteiger partial charge in [0.1, 0.15) is 5.82 Å². The van der Waals surface area contributed by atoms with Crippen molar-refractivity contribution in [3.8, 4) is 0 Å². The van der Waals surface area contributed by atoms with Crippen LogP contribution in [0.2, 0.25) is 0 Å². The summed E-state index contributed by atoms with van der Waals surface area (Å²) in [5.74, 6) is -0.635. The first-order chi connectivity index (χ1) is 11.7. The van der Waals surface area contributed by atoms with E-state index in [1.807, 2.05) is 11.4 Å². The molecule has 1 aromatic heterocycles. The van der Waals surface area contributed by atoms with E-state index in [2.05, 4.69) is 16.3 Å². The Kier molecular flexibility index (Phi) is 5.96. The second kappa shape index (κ2) is 8.37.